The Labute approximate surface area is 67.2 Å². The van der Waals surface area contributed by atoms with Crippen molar-refractivity contribution in [1.82, 2.24) is 5.32 Å². The Morgan fingerprint density at radius 1 is 1.70 bits per heavy atom. The van der Waals surface area contributed by atoms with E-state index < -0.39 is 0 Å². The van der Waals surface area contributed by atoms with E-state index in [1.165, 1.54) is 0 Å². The molecule has 0 aromatic heterocycles. The lowest BCUT2D eigenvalue weighted by Crippen LogP contribution is -2.24. The molecule has 0 spiro atoms. The SMILES string of the molecule is CO[C@H]1CN[C@@H](CO)C1.Cl. The summed E-state index contributed by atoms with van der Waals surface area (Å²) in [5, 5.41) is 11.8. The fraction of sp³-hybridized carbons (Fsp3) is 1.00. The van der Waals surface area contributed by atoms with Crippen molar-refractivity contribution < 1.29 is 9.84 Å². The van der Waals surface area contributed by atoms with Gasteiger partial charge in [-0.2, -0.15) is 0 Å². The van der Waals surface area contributed by atoms with Crippen molar-refractivity contribution >= 4 is 12.4 Å². The number of aliphatic hydroxyl groups is 1. The van der Waals surface area contributed by atoms with Gasteiger partial charge in [0.05, 0.1) is 12.7 Å². The van der Waals surface area contributed by atoms with Gasteiger partial charge in [0.15, 0.2) is 0 Å². The van der Waals surface area contributed by atoms with Crippen molar-refractivity contribution in [2.45, 2.75) is 18.6 Å². The zero-order chi connectivity index (χ0) is 6.69. The molecule has 3 nitrogen and oxygen atoms in total. The summed E-state index contributed by atoms with van der Waals surface area (Å²) in [6.07, 6.45) is 1.25. The first-order valence-electron chi connectivity index (χ1n) is 3.24. The molecule has 62 valence electrons. The normalized spacial score (nSPS) is 31.8. The zero-order valence-electron chi connectivity index (χ0n) is 6.04. The van der Waals surface area contributed by atoms with Gasteiger partial charge in [-0.05, 0) is 6.42 Å². The van der Waals surface area contributed by atoms with E-state index in [9.17, 15) is 0 Å². The number of rotatable bonds is 2. The smallest absolute Gasteiger partial charge is 0.0711 e. The summed E-state index contributed by atoms with van der Waals surface area (Å²) in [5.41, 5.74) is 0. The standard InChI is InChI=1S/C6H13NO2.ClH/c1-9-6-2-5(4-8)7-3-6;/h5-8H,2-4H2,1H3;1H/t5-,6-;/m1./s1. The van der Waals surface area contributed by atoms with Crippen molar-refractivity contribution in [1.29, 1.82) is 0 Å². The Hall–Kier alpha value is 0.170. The summed E-state index contributed by atoms with van der Waals surface area (Å²) < 4.78 is 5.07. The van der Waals surface area contributed by atoms with Gasteiger partial charge in [-0.15, -0.1) is 12.4 Å². The van der Waals surface area contributed by atoms with Crippen molar-refractivity contribution in [3.63, 3.8) is 0 Å². The van der Waals surface area contributed by atoms with Crippen LogP contribution in [0, 0.1) is 0 Å². The van der Waals surface area contributed by atoms with Crippen molar-refractivity contribution in [3.05, 3.63) is 0 Å². The van der Waals surface area contributed by atoms with Crippen molar-refractivity contribution in [2.75, 3.05) is 20.3 Å². The van der Waals surface area contributed by atoms with Crippen LogP contribution in [0.15, 0.2) is 0 Å². The van der Waals surface area contributed by atoms with E-state index in [0.717, 1.165) is 13.0 Å². The third kappa shape index (κ3) is 2.42. The lowest BCUT2D eigenvalue weighted by atomic mass is 10.2. The first kappa shape index (κ1) is 10.2. The van der Waals surface area contributed by atoms with Crippen LogP contribution in [-0.2, 0) is 4.74 Å². The van der Waals surface area contributed by atoms with Gasteiger partial charge in [0.1, 0.15) is 0 Å². The van der Waals surface area contributed by atoms with Crippen LogP contribution in [0.4, 0.5) is 0 Å². The maximum atomic E-state index is 8.66. The number of aliphatic hydroxyl groups excluding tert-OH is 1. The number of halogens is 1. The van der Waals surface area contributed by atoms with Crippen LogP contribution in [0.5, 0.6) is 0 Å². The second-order valence-electron chi connectivity index (χ2n) is 2.38. The van der Waals surface area contributed by atoms with Crippen LogP contribution >= 0.6 is 12.4 Å². The van der Waals surface area contributed by atoms with Gasteiger partial charge >= 0.3 is 0 Å². The second-order valence-corrected chi connectivity index (χ2v) is 2.38. The van der Waals surface area contributed by atoms with Crippen LogP contribution in [0.3, 0.4) is 0 Å². The maximum Gasteiger partial charge on any atom is 0.0711 e. The molecular weight excluding hydrogens is 154 g/mol. The molecule has 0 saturated carbocycles. The highest BCUT2D eigenvalue weighted by atomic mass is 35.5. The Balaban J connectivity index is 0.000000810. The van der Waals surface area contributed by atoms with Crippen LogP contribution in [0.1, 0.15) is 6.42 Å². The Morgan fingerprint density at radius 2 is 2.40 bits per heavy atom. The second kappa shape index (κ2) is 4.91. The quantitative estimate of drug-likeness (QED) is 0.598. The van der Waals surface area contributed by atoms with Crippen molar-refractivity contribution in [2.24, 2.45) is 0 Å². The molecule has 0 radical (unpaired) electrons. The van der Waals surface area contributed by atoms with Gasteiger partial charge in [0, 0.05) is 19.7 Å². The molecule has 1 aliphatic rings. The summed E-state index contributed by atoms with van der Waals surface area (Å²) in [6, 6.07) is 0.259. The van der Waals surface area contributed by atoms with E-state index in [1.54, 1.807) is 7.11 Å². The summed E-state index contributed by atoms with van der Waals surface area (Å²) >= 11 is 0. The minimum absolute atomic E-state index is 0. The molecule has 0 bridgehead atoms. The van der Waals surface area contributed by atoms with Crippen molar-refractivity contribution in [3.8, 4) is 0 Å². The van der Waals surface area contributed by atoms with Gasteiger partial charge in [-0.25, -0.2) is 0 Å². The third-order valence-electron chi connectivity index (χ3n) is 1.74. The monoisotopic (exact) mass is 167 g/mol. The van der Waals surface area contributed by atoms with E-state index in [0.29, 0.717) is 6.10 Å². The fourth-order valence-electron chi connectivity index (χ4n) is 1.10. The van der Waals surface area contributed by atoms with E-state index in [1.807, 2.05) is 0 Å². The van der Waals surface area contributed by atoms with Gasteiger partial charge in [-0.1, -0.05) is 0 Å². The molecule has 1 rings (SSSR count). The van der Waals surface area contributed by atoms with Crippen LogP contribution in [0.2, 0.25) is 0 Å². The molecule has 1 aliphatic heterocycles. The van der Waals surface area contributed by atoms with E-state index in [-0.39, 0.29) is 25.1 Å². The lowest BCUT2D eigenvalue weighted by Gasteiger charge is -2.04. The average molecular weight is 168 g/mol. The van der Waals surface area contributed by atoms with Gasteiger partial charge < -0.3 is 15.2 Å². The maximum absolute atomic E-state index is 8.66. The molecule has 0 amide bonds. The molecule has 1 fully saturated rings. The first-order valence-corrected chi connectivity index (χ1v) is 3.24. The van der Waals surface area contributed by atoms with Gasteiger partial charge in [-0.3, -0.25) is 0 Å². The predicted octanol–water partition coefficient (Wildman–Crippen LogP) is -0.223. The Bertz CT molecular complexity index is 81.8. The largest absolute Gasteiger partial charge is 0.395 e. The number of hydrogen-bond donors (Lipinski definition) is 2. The summed E-state index contributed by atoms with van der Waals surface area (Å²) in [5.74, 6) is 0. The first-order chi connectivity index (χ1) is 4.36. The summed E-state index contributed by atoms with van der Waals surface area (Å²) in [7, 11) is 1.70. The highest BCUT2D eigenvalue weighted by Gasteiger charge is 2.22. The summed E-state index contributed by atoms with van der Waals surface area (Å²) in [4.78, 5) is 0. The average Bonchev–Trinajstić information content (AvgIpc) is 2.34. The van der Waals surface area contributed by atoms with Crippen LogP contribution < -0.4 is 5.32 Å². The topological polar surface area (TPSA) is 41.5 Å². The molecular formula is C6H14ClNO2. The predicted molar refractivity (Wildman–Crippen MR) is 41.5 cm³/mol. The van der Waals surface area contributed by atoms with Crippen LogP contribution in [-0.4, -0.2) is 37.5 Å². The fourth-order valence-corrected chi connectivity index (χ4v) is 1.10. The molecule has 2 atom stereocenters. The third-order valence-corrected chi connectivity index (χ3v) is 1.74. The molecule has 0 aromatic rings. The molecule has 0 aromatic carbocycles. The highest BCUT2D eigenvalue weighted by Crippen LogP contribution is 2.07. The minimum atomic E-state index is 0. The molecule has 4 heteroatoms. The molecule has 1 saturated heterocycles. The summed E-state index contributed by atoms with van der Waals surface area (Å²) in [6.45, 7) is 1.10. The Morgan fingerprint density at radius 3 is 2.70 bits per heavy atom. The molecule has 0 unspecified atom stereocenters. The number of methoxy groups -OCH3 is 1. The number of ether oxygens (including phenoxy) is 1. The van der Waals surface area contributed by atoms with Crippen LogP contribution in [0.25, 0.3) is 0 Å². The Kier molecular flexibility index (Phi) is 4.99. The molecule has 1 heterocycles. The van der Waals surface area contributed by atoms with Gasteiger partial charge in [0.25, 0.3) is 0 Å². The van der Waals surface area contributed by atoms with E-state index in [4.69, 9.17) is 9.84 Å². The highest BCUT2D eigenvalue weighted by molar-refractivity contribution is 5.85. The lowest BCUT2D eigenvalue weighted by molar-refractivity contribution is 0.114. The molecule has 10 heavy (non-hydrogen) atoms. The molecule has 0 aliphatic carbocycles. The molecule has 2 N–H and O–H groups in total. The zero-order valence-corrected chi connectivity index (χ0v) is 6.86. The van der Waals surface area contributed by atoms with Gasteiger partial charge in [0.2, 0.25) is 0 Å². The van der Waals surface area contributed by atoms with E-state index >= 15 is 0 Å². The minimum Gasteiger partial charge on any atom is -0.395 e. The number of hydrogen-bond acceptors (Lipinski definition) is 3. The van der Waals surface area contributed by atoms with E-state index in [2.05, 4.69) is 5.32 Å². The number of nitrogens with one attached hydrogen (secondary N) is 1.